The van der Waals surface area contributed by atoms with Gasteiger partial charge in [0.1, 0.15) is 0 Å². The summed E-state index contributed by atoms with van der Waals surface area (Å²) >= 11 is 0. The topological polar surface area (TPSA) is 0 Å². The molecule has 0 aromatic carbocycles. The summed E-state index contributed by atoms with van der Waals surface area (Å²) < 4.78 is 0. The summed E-state index contributed by atoms with van der Waals surface area (Å²) in [7, 11) is 0. The monoisotopic (exact) mass is 300 g/mol. The summed E-state index contributed by atoms with van der Waals surface area (Å²) in [6.45, 7) is 0. The molecule has 0 fully saturated rings. The van der Waals surface area contributed by atoms with Crippen LogP contribution in [0.15, 0.2) is 0 Å². The van der Waals surface area contributed by atoms with Gasteiger partial charge < -0.3 is 2.85 Å². The molecule has 50 valence electrons. The van der Waals surface area contributed by atoms with Crippen LogP contribution in [-0.4, -0.2) is 23.1 Å². The Hall–Kier alpha value is 2.04. The first-order valence-corrected chi connectivity index (χ1v) is 0. The van der Waals surface area contributed by atoms with E-state index in [4.69, 9.17) is 0 Å². The van der Waals surface area contributed by atoms with E-state index in [0.29, 0.717) is 0 Å². The molecular formula is H5Ag2F3Mg. The van der Waals surface area contributed by atoms with Crippen LogP contribution in [0.5, 0.6) is 0 Å². The Kier molecular flexibility index (Phi) is 988. The maximum atomic E-state index is 0. The Balaban J connectivity index is 0. The Labute approximate surface area is 84.1 Å². The summed E-state index contributed by atoms with van der Waals surface area (Å²) in [4.78, 5) is 0. The molecule has 0 heterocycles. The van der Waals surface area contributed by atoms with Crippen molar-refractivity contribution >= 4 is 23.1 Å². The minimum atomic E-state index is 0. The normalized spacial score (nSPS) is 0. The Bertz CT molecular complexity index is 15.2. The van der Waals surface area contributed by atoms with E-state index < -0.39 is 0 Å². The van der Waals surface area contributed by atoms with E-state index in [0.717, 1.165) is 0 Å². The minimum Gasteiger partial charge on any atom is -1.00 e. The molecule has 0 saturated carbocycles. The standard InChI is InChI=1S/2Ag.3FH.Mg.2H/h;;3*1H;;;/q;;;;;+2;2*-1. The van der Waals surface area contributed by atoms with Crippen molar-refractivity contribution < 1.29 is 61.7 Å². The van der Waals surface area contributed by atoms with Gasteiger partial charge >= 0.3 is 23.1 Å². The van der Waals surface area contributed by atoms with E-state index >= 15 is 0 Å². The van der Waals surface area contributed by atoms with Gasteiger partial charge in [-0.1, -0.05) is 0 Å². The average molecular weight is 302 g/mol. The van der Waals surface area contributed by atoms with Crippen molar-refractivity contribution in [3.8, 4) is 0 Å². The second-order valence-corrected chi connectivity index (χ2v) is 0. The Morgan fingerprint density at radius 3 is 0.667 bits per heavy atom. The van der Waals surface area contributed by atoms with Gasteiger partial charge in [0.2, 0.25) is 0 Å². The molecule has 0 atom stereocenters. The zero-order valence-electron chi connectivity index (χ0n) is 4.53. The van der Waals surface area contributed by atoms with Gasteiger partial charge in [-0.2, -0.15) is 0 Å². The third-order valence-electron chi connectivity index (χ3n) is 0. The fourth-order valence-corrected chi connectivity index (χ4v) is 0. The molecule has 0 spiro atoms. The van der Waals surface area contributed by atoms with Gasteiger partial charge in [0.25, 0.3) is 0 Å². The molecule has 0 amide bonds. The molecule has 6 heavy (non-hydrogen) atoms. The van der Waals surface area contributed by atoms with Crippen molar-refractivity contribution in [1.82, 2.24) is 0 Å². The van der Waals surface area contributed by atoms with E-state index in [1.165, 1.54) is 0 Å². The van der Waals surface area contributed by atoms with Crippen molar-refractivity contribution in [3.05, 3.63) is 0 Å². The molecule has 0 aliphatic carbocycles. The quantitative estimate of drug-likeness (QED) is 0.565. The molecule has 0 aliphatic heterocycles. The number of hydrogen-bond donors (Lipinski definition) is 0. The second-order valence-electron chi connectivity index (χ2n) is 0. The zero-order chi connectivity index (χ0) is 0. The van der Waals surface area contributed by atoms with E-state index in [2.05, 4.69) is 0 Å². The number of rotatable bonds is 0. The van der Waals surface area contributed by atoms with Crippen molar-refractivity contribution in [2.75, 3.05) is 0 Å². The van der Waals surface area contributed by atoms with E-state index in [1.807, 2.05) is 0 Å². The van der Waals surface area contributed by atoms with Crippen LogP contribution in [0.4, 0.5) is 14.1 Å². The van der Waals surface area contributed by atoms with E-state index in [9.17, 15) is 0 Å². The third kappa shape index (κ3) is 36.9. The second kappa shape index (κ2) is 61.8. The van der Waals surface area contributed by atoms with Crippen LogP contribution in [0.2, 0.25) is 0 Å². The van der Waals surface area contributed by atoms with Gasteiger partial charge in [0, 0.05) is 44.8 Å². The van der Waals surface area contributed by atoms with Gasteiger partial charge in [-0.25, -0.2) is 0 Å². The molecule has 0 nitrogen and oxygen atoms in total. The average Bonchev–Trinajstić information content (AvgIpc) is 0. The summed E-state index contributed by atoms with van der Waals surface area (Å²) in [6, 6.07) is 0. The minimum absolute atomic E-state index is 0. The van der Waals surface area contributed by atoms with Crippen molar-refractivity contribution in [2.45, 2.75) is 0 Å². The summed E-state index contributed by atoms with van der Waals surface area (Å²) in [6.07, 6.45) is 0. The smallest absolute Gasteiger partial charge is 1.00 e. The molecule has 0 unspecified atom stereocenters. The molecular weight excluding hydrogens is 297 g/mol. The molecule has 0 aromatic heterocycles. The van der Waals surface area contributed by atoms with Gasteiger partial charge in [0.05, 0.1) is 0 Å². The summed E-state index contributed by atoms with van der Waals surface area (Å²) in [5, 5.41) is 0. The van der Waals surface area contributed by atoms with Crippen LogP contribution in [0.25, 0.3) is 0 Å². The maximum Gasteiger partial charge on any atom is 2.00 e. The van der Waals surface area contributed by atoms with Crippen LogP contribution in [0.3, 0.4) is 0 Å². The van der Waals surface area contributed by atoms with Crippen LogP contribution < -0.4 is 0 Å². The number of hydrogen-bond acceptors (Lipinski definition) is 0. The van der Waals surface area contributed by atoms with Crippen molar-refractivity contribution in [3.63, 3.8) is 0 Å². The SMILES string of the molecule is F.F.F.[Ag].[Ag].[H-].[H-].[Mg+2]. The predicted molar refractivity (Wildman–Crippen MR) is 15.5 cm³/mol. The predicted octanol–water partition coefficient (Wildman–Crippen LogP) is 0.297. The fourth-order valence-electron chi connectivity index (χ4n) is 0. The van der Waals surface area contributed by atoms with E-state index in [1.54, 1.807) is 0 Å². The Morgan fingerprint density at radius 2 is 0.667 bits per heavy atom. The van der Waals surface area contributed by atoms with E-state index in [-0.39, 0.29) is 84.8 Å². The van der Waals surface area contributed by atoms with Gasteiger partial charge in [-0.15, -0.1) is 0 Å². The molecule has 0 aliphatic rings. The van der Waals surface area contributed by atoms with Gasteiger partial charge in [-0.05, 0) is 0 Å². The molecule has 6 heteroatoms. The van der Waals surface area contributed by atoms with Crippen molar-refractivity contribution in [2.24, 2.45) is 0 Å². The molecule has 0 N–H and O–H groups in total. The Morgan fingerprint density at radius 1 is 0.667 bits per heavy atom. The van der Waals surface area contributed by atoms with Crippen LogP contribution in [0.1, 0.15) is 2.85 Å². The van der Waals surface area contributed by atoms with Crippen molar-refractivity contribution in [1.29, 1.82) is 0 Å². The van der Waals surface area contributed by atoms with Crippen LogP contribution in [0, 0.1) is 0 Å². The molecule has 0 bridgehead atoms. The first-order chi connectivity index (χ1) is 0. The molecule has 2 radical (unpaired) electrons. The van der Waals surface area contributed by atoms with Crippen LogP contribution in [-0.2, 0) is 44.8 Å². The summed E-state index contributed by atoms with van der Waals surface area (Å²) in [5.74, 6) is 0. The summed E-state index contributed by atoms with van der Waals surface area (Å²) in [5.41, 5.74) is 0. The van der Waals surface area contributed by atoms with Crippen LogP contribution >= 0.6 is 0 Å². The first-order valence-electron chi connectivity index (χ1n) is 0. The third-order valence-corrected chi connectivity index (χ3v) is 0. The molecule has 0 saturated heterocycles. The fraction of sp³-hybridized carbons (Fsp3) is 0. The van der Waals surface area contributed by atoms with Gasteiger partial charge in [0.15, 0.2) is 0 Å². The molecule has 0 aromatic rings. The molecule has 0 rings (SSSR count). The first kappa shape index (κ1) is 95.9. The zero-order valence-corrected chi connectivity index (χ0v) is 6.91. The largest absolute Gasteiger partial charge is 2.00 e. The van der Waals surface area contributed by atoms with Gasteiger partial charge in [-0.3, -0.25) is 14.1 Å². The maximum absolute atomic E-state index is 0. The number of halogens is 3.